The van der Waals surface area contributed by atoms with Gasteiger partial charge in [-0.25, -0.2) is 9.79 Å². The highest BCUT2D eigenvalue weighted by molar-refractivity contribution is 5.94. The van der Waals surface area contributed by atoms with Crippen LogP contribution in [0.5, 0.6) is 17.2 Å². The van der Waals surface area contributed by atoms with Crippen molar-refractivity contribution >= 4 is 17.6 Å². The van der Waals surface area contributed by atoms with Gasteiger partial charge in [0.05, 0.1) is 48.9 Å². The van der Waals surface area contributed by atoms with Gasteiger partial charge in [-0.1, -0.05) is 42.5 Å². The summed E-state index contributed by atoms with van der Waals surface area (Å²) in [4.78, 5) is 21.2. The summed E-state index contributed by atoms with van der Waals surface area (Å²) in [6.45, 7) is 7.67. The number of benzene rings is 2. The number of ether oxygens (including phenoxy) is 3. The molecule has 1 aliphatic carbocycles. The van der Waals surface area contributed by atoms with Gasteiger partial charge >= 0.3 is 5.97 Å². The Kier molecular flexibility index (Phi) is 7.15. The fourth-order valence-corrected chi connectivity index (χ4v) is 5.53. The van der Waals surface area contributed by atoms with Crippen LogP contribution in [0.25, 0.3) is 11.6 Å². The maximum absolute atomic E-state index is 13.2. The van der Waals surface area contributed by atoms with Gasteiger partial charge in [-0.15, -0.1) is 6.58 Å². The van der Waals surface area contributed by atoms with Gasteiger partial charge in [0.2, 0.25) is 0 Å². The molecule has 7 nitrogen and oxygen atoms in total. The molecule has 2 aromatic carbocycles. The molecule has 0 amide bonds. The maximum Gasteiger partial charge on any atom is 0.336 e. The smallest absolute Gasteiger partial charge is 0.336 e. The van der Waals surface area contributed by atoms with E-state index in [0.29, 0.717) is 39.2 Å². The van der Waals surface area contributed by atoms with Gasteiger partial charge in [0.15, 0.2) is 11.5 Å². The molecule has 5 rings (SSSR count). The van der Waals surface area contributed by atoms with E-state index in [2.05, 4.69) is 34.8 Å². The van der Waals surface area contributed by atoms with Crippen LogP contribution in [0.3, 0.4) is 0 Å². The van der Waals surface area contributed by atoms with E-state index in [4.69, 9.17) is 14.2 Å². The van der Waals surface area contributed by atoms with Crippen molar-refractivity contribution < 1.29 is 24.1 Å². The number of aromatic nitrogens is 1. The van der Waals surface area contributed by atoms with E-state index in [-0.39, 0.29) is 18.3 Å². The van der Waals surface area contributed by atoms with Crippen molar-refractivity contribution in [3.8, 4) is 17.2 Å². The number of H-pyrrole nitrogens is 1. The van der Waals surface area contributed by atoms with E-state index in [1.807, 2.05) is 36.4 Å². The topological polar surface area (TPSA) is 93.1 Å². The molecule has 2 aliphatic rings. The lowest BCUT2D eigenvalue weighted by Gasteiger charge is -2.24. The molecular formula is C32H32N2O5. The Balaban J connectivity index is 1.70. The quantitative estimate of drug-likeness (QED) is 0.324. The molecule has 3 aromatic rings. The van der Waals surface area contributed by atoms with Crippen molar-refractivity contribution in [1.82, 2.24) is 4.98 Å². The molecule has 0 saturated carbocycles. The van der Waals surface area contributed by atoms with Crippen LogP contribution in [-0.2, 0) is 9.53 Å². The third-order valence-corrected chi connectivity index (χ3v) is 7.27. The number of esters is 1. The molecule has 0 fully saturated rings. The van der Waals surface area contributed by atoms with Crippen molar-refractivity contribution in [2.75, 3.05) is 20.8 Å². The second-order valence-corrected chi connectivity index (χ2v) is 9.51. The number of hydrogen-bond acceptors (Lipinski definition) is 6. The Morgan fingerprint density at radius 2 is 1.92 bits per heavy atom. The standard InChI is InChI=1S/C32H32N2O5/c1-6-10-19-15-21(23-12-9-8-11-22(19)23)16-24-30(35)29-28(20-13-14-25(37-4)26(17-20)38-5)27(32(36)39-7-2)18(3)33-31(29)34-24/h6,8-9,11-17,19,28,35H,1,7,10H2,2-5H3,(H,33,34). The molecule has 2 heterocycles. The zero-order valence-electron chi connectivity index (χ0n) is 22.6. The predicted molar refractivity (Wildman–Crippen MR) is 150 cm³/mol. The maximum atomic E-state index is 13.2. The Morgan fingerprint density at radius 3 is 2.64 bits per heavy atom. The van der Waals surface area contributed by atoms with E-state index < -0.39 is 11.9 Å². The zero-order valence-corrected chi connectivity index (χ0v) is 22.6. The molecule has 0 radical (unpaired) electrons. The number of aromatic hydroxyl groups is 1. The summed E-state index contributed by atoms with van der Waals surface area (Å²) in [5.74, 6) is 0.230. The van der Waals surface area contributed by atoms with E-state index in [9.17, 15) is 9.90 Å². The van der Waals surface area contributed by atoms with Crippen LogP contribution in [-0.4, -0.2) is 36.9 Å². The van der Waals surface area contributed by atoms with Crippen LogP contribution in [0.4, 0.5) is 0 Å². The summed E-state index contributed by atoms with van der Waals surface area (Å²) in [7, 11) is 3.13. The van der Waals surface area contributed by atoms with Crippen LogP contribution in [0.15, 0.2) is 77.5 Å². The predicted octanol–water partition coefficient (Wildman–Crippen LogP) is 4.88. The Labute approximate surface area is 227 Å². The number of fused-ring (bicyclic) bond motifs is 2. The van der Waals surface area contributed by atoms with Gasteiger partial charge in [-0.3, -0.25) is 0 Å². The highest BCUT2D eigenvalue weighted by Gasteiger charge is 2.35. The summed E-state index contributed by atoms with van der Waals surface area (Å²) >= 11 is 0. The lowest BCUT2D eigenvalue weighted by Crippen LogP contribution is -2.26. The number of hydrogen-bond donors (Lipinski definition) is 2. The Hall–Kier alpha value is -4.52. The van der Waals surface area contributed by atoms with Crippen LogP contribution in [0, 0.1) is 0 Å². The minimum absolute atomic E-state index is 0.0355. The summed E-state index contributed by atoms with van der Waals surface area (Å²) in [6.07, 6.45) is 6.88. The molecule has 1 aromatic heterocycles. The van der Waals surface area contributed by atoms with Gasteiger partial charge in [-0.2, -0.15) is 0 Å². The molecule has 200 valence electrons. The van der Waals surface area contributed by atoms with Crippen molar-refractivity contribution in [3.05, 3.63) is 106 Å². The molecule has 39 heavy (non-hydrogen) atoms. The number of rotatable bonds is 8. The average molecular weight is 525 g/mol. The van der Waals surface area contributed by atoms with Gasteiger partial charge in [0.25, 0.3) is 0 Å². The number of carbonyl (C=O) groups excluding carboxylic acids is 1. The highest BCUT2D eigenvalue weighted by Crippen LogP contribution is 2.42. The number of nitrogens with one attached hydrogen (secondary N) is 1. The summed E-state index contributed by atoms with van der Waals surface area (Å²) in [5, 5.41) is 12.2. The first-order valence-corrected chi connectivity index (χ1v) is 12.9. The summed E-state index contributed by atoms with van der Waals surface area (Å²) in [5.41, 5.74) is 5.99. The number of allylic oxidation sites excluding steroid dienone is 4. The van der Waals surface area contributed by atoms with Gasteiger partial charge in [-0.05, 0) is 60.7 Å². The molecule has 2 unspecified atom stereocenters. The molecule has 0 bridgehead atoms. The SMILES string of the molecule is C=CCC1C=C(C=c2[nH]c3c(c2O)C(c2ccc(OC)c(OC)c2)C(C(=O)OCC)=C(C)N=3)c2ccccc21. The fraction of sp³-hybridized carbons (Fsp3) is 0.250. The van der Waals surface area contributed by atoms with Gasteiger partial charge in [0, 0.05) is 5.92 Å². The number of nitrogens with zero attached hydrogens (tertiary/aromatic N) is 1. The average Bonchev–Trinajstić information content (AvgIpc) is 3.44. The Morgan fingerprint density at radius 1 is 1.15 bits per heavy atom. The van der Waals surface area contributed by atoms with E-state index >= 15 is 0 Å². The molecule has 0 spiro atoms. The summed E-state index contributed by atoms with van der Waals surface area (Å²) < 4.78 is 16.4. The summed E-state index contributed by atoms with van der Waals surface area (Å²) in [6, 6.07) is 13.7. The van der Waals surface area contributed by atoms with Crippen LogP contribution in [0.1, 0.15) is 54.4 Å². The molecule has 2 N–H and O–H groups in total. The fourth-order valence-electron chi connectivity index (χ4n) is 5.53. The second kappa shape index (κ2) is 10.7. The first kappa shape index (κ1) is 26.1. The third kappa shape index (κ3) is 4.54. The third-order valence-electron chi connectivity index (χ3n) is 7.27. The first-order chi connectivity index (χ1) is 18.9. The minimum atomic E-state index is -0.631. The first-order valence-electron chi connectivity index (χ1n) is 12.9. The largest absolute Gasteiger partial charge is 0.505 e. The second-order valence-electron chi connectivity index (χ2n) is 9.51. The van der Waals surface area contributed by atoms with Gasteiger partial charge < -0.3 is 24.3 Å². The minimum Gasteiger partial charge on any atom is -0.505 e. The van der Waals surface area contributed by atoms with Crippen LogP contribution < -0.4 is 20.3 Å². The highest BCUT2D eigenvalue weighted by atomic mass is 16.5. The van der Waals surface area contributed by atoms with E-state index in [1.165, 1.54) is 5.56 Å². The van der Waals surface area contributed by atoms with Crippen molar-refractivity contribution in [3.63, 3.8) is 0 Å². The lowest BCUT2D eigenvalue weighted by molar-refractivity contribution is -0.138. The van der Waals surface area contributed by atoms with Crippen molar-refractivity contribution in [2.24, 2.45) is 4.99 Å². The van der Waals surface area contributed by atoms with Crippen molar-refractivity contribution in [2.45, 2.75) is 32.1 Å². The van der Waals surface area contributed by atoms with E-state index in [1.54, 1.807) is 34.1 Å². The molecule has 1 aliphatic heterocycles. The van der Waals surface area contributed by atoms with Crippen LogP contribution >= 0.6 is 0 Å². The zero-order chi connectivity index (χ0) is 27.7. The Bertz CT molecular complexity index is 1640. The number of carbonyl (C=O) groups is 1. The van der Waals surface area contributed by atoms with Crippen molar-refractivity contribution in [1.29, 1.82) is 0 Å². The molecule has 2 atom stereocenters. The van der Waals surface area contributed by atoms with Crippen LogP contribution in [0.2, 0.25) is 0 Å². The number of aromatic amines is 1. The monoisotopic (exact) mass is 524 g/mol. The van der Waals surface area contributed by atoms with Gasteiger partial charge in [0.1, 0.15) is 11.2 Å². The number of methoxy groups -OCH3 is 2. The molecular weight excluding hydrogens is 492 g/mol. The molecule has 7 heteroatoms. The van der Waals surface area contributed by atoms with E-state index in [0.717, 1.165) is 23.1 Å². The molecule has 0 saturated heterocycles. The normalized spacial score (nSPS) is 18.2. The lowest BCUT2D eigenvalue weighted by atomic mass is 9.83.